The van der Waals surface area contributed by atoms with Crippen LogP contribution in [-0.2, 0) is 9.47 Å². The predicted octanol–water partition coefficient (Wildman–Crippen LogP) is 3.07. The average Bonchev–Trinajstić information content (AvgIpc) is 2.29. The first kappa shape index (κ1) is 13.7. The van der Waals surface area contributed by atoms with E-state index in [4.69, 9.17) is 14.2 Å². The number of ether oxygens (including phenoxy) is 3. The Kier molecular flexibility index (Phi) is 6.75. The van der Waals surface area contributed by atoms with Gasteiger partial charge in [-0.3, -0.25) is 0 Å². The van der Waals surface area contributed by atoms with E-state index in [-0.39, 0.29) is 6.29 Å². The number of hydrogen-bond acceptors (Lipinski definition) is 3. The number of benzene rings is 1. The van der Waals surface area contributed by atoms with E-state index < -0.39 is 0 Å². The van der Waals surface area contributed by atoms with Crippen LogP contribution in [-0.4, -0.2) is 26.1 Å². The molecule has 0 fully saturated rings. The Balaban J connectivity index is 2.38. The number of hydrogen-bond donors (Lipinski definition) is 0. The van der Waals surface area contributed by atoms with Gasteiger partial charge in [-0.2, -0.15) is 0 Å². The van der Waals surface area contributed by atoms with E-state index in [1.54, 1.807) is 0 Å². The molecule has 0 bridgehead atoms. The van der Waals surface area contributed by atoms with Crippen LogP contribution in [0.4, 0.5) is 0 Å². The van der Waals surface area contributed by atoms with Crippen molar-refractivity contribution < 1.29 is 14.2 Å². The molecule has 1 aromatic carbocycles. The Morgan fingerprint density at radius 3 is 2.12 bits per heavy atom. The van der Waals surface area contributed by atoms with Crippen LogP contribution in [0.15, 0.2) is 24.3 Å². The van der Waals surface area contributed by atoms with E-state index in [0.717, 1.165) is 5.75 Å². The van der Waals surface area contributed by atoms with Crippen LogP contribution in [0.25, 0.3) is 0 Å². The molecular formula is C12H17IO3. The minimum Gasteiger partial charge on any atom is -0.488 e. The molecule has 0 unspecified atom stereocenters. The van der Waals surface area contributed by atoms with Crippen LogP contribution in [0.3, 0.4) is 0 Å². The maximum absolute atomic E-state index is 5.57. The van der Waals surface area contributed by atoms with Crippen LogP contribution < -0.4 is 4.74 Å². The molecule has 4 heteroatoms. The van der Waals surface area contributed by atoms with Crippen molar-refractivity contribution in [1.82, 2.24) is 0 Å². The van der Waals surface area contributed by atoms with E-state index >= 15 is 0 Å². The SMILES string of the molecule is CCOC(COc1ccc(I)cc1)OCC. The lowest BCUT2D eigenvalue weighted by Gasteiger charge is -2.17. The van der Waals surface area contributed by atoms with Crippen molar-refractivity contribution in [1.29, 1.82) is 0 Å². The van der Waals surface area contributed by atoms with E-state index in [2.05, 4.69) is 22.6 Å². The third-order valence-corrected chi connectivity index (χ3v) is 2.62. The van der Waals surface area contributed by atoms with Crippen molar-refractivity contribution in [3.63, 3.8) is 0 Å². The largest absolute Gasteiger partial charge is 0.488 e. The van der Waals surface area contributed by atoms with Gasteiger partial charge in [0, 0.05) is 16.8 Å². The third-order valence-electron chi connectivity index (χ3n) is 1.90. The fourth-order valence-electron chi connectivity index (χ4n) is 1.21. The molecule has 0 heterocycles. The topological polar surface area (TPSA) is 27.7 Å². The van der Waals surface area contributed by atoms with Crippen LogP contribution in [0.1, 0.15) is 13.8 Å². The Hall–Kier alpha value is -0.330. The fourth-order valence-corrected chi connectivity index (χ4v) is 1.57. The van der Waals surface area contributed by atoms with Gasteiger partial charge in [-0.15, -0.1) is 0 Å². The van der Waals surface area contributed by atoms with Crippen molar-refractivity contribution in [2.45, 2.75) is 20.1 Å². The smallest absolute Gasteiger partial charge is 0.191 e. The molecule has 0 N–H and O–H groups in total. The van der Waals surface area contributed by atoms with Crippen molar-refractivity contribution in [2.75, 3.05) is 19.8 Å². The summed E-state index contributed by atoms with van der Waals surface area (Å²) >= 11 is 2.26. The van der Waals surface area contributed by atoms with Crippen LogP contribution >= 0.6 is 22.6 Å². The van der Waals surface area contributed by atoms with E-state index in [9.17, 15) is 0 Å². The molecule has 0 atom stereocenters. The van der Waals surface area contributed by atoms with Crippen LogP contribution in [0.5, 0.6) is 5.75 Å². The highest BCUT2D eigenvalue weighted by molar-refractivity contribution is 14.1. The quantitative estimate of drug-likeness (QED) is 0.566. The first-order valence-electron chi connectivity index (χ1n) is 5.37. The van der Waals surface area contributed by atoms with Gasteiger partial charge in [0.1, 0.15) is 12.4 Å². The Bertz CT molecular complexity index is 281. The molecule has 3 nitrogen and oxygen atoms in total. The van der Waals surface area contributed by atoms with Gasteiger partial charge in [0.25, 0.3) is 0 Å². The van der Waals surface area contributed by atoms with Crippen molar-refractivity contribution in [3.05, 3.63) is 27.8 Å². The first-order chi connectivity index (χ1) is 7.76. The molecule has 0 aliphatic heterocycles. The highest BCUT2D eigenvalue weighted by Gasteiger charge is 2.08. The molecule has 0 saturated heterocycles. The molecule has 1 aromatic rings. The van der Waals surface area contributed by atoms with Crippen LogP contribution in [0, 0.1) is 3.57 Å². The second-order valence-electron chi connectivity index (χ2n) is 3.11. The van der Waals surface area contributed by atoms with E-state index in [0.29, 0.717) is 19.8 Å². The molecule has 0 saturated carbocycles. The lowest BCUT2D eigenvalue weighted by atomic mass is 10.3. The molecule has 0 amide bonds. The van der Waals surface area contributed by atoms with Gasteiger partial charge in [0.2, 0.25) is 0 Å². The summed E-state index contributed by atoms with van der Waals surface area (Å²) in [6.45, 7) is 5.55. The van der Waals surface area contributed by atoms with Crippen molar-refractivity contribution >= 4 is 22.6 Å². The highest BCUT2D eigenvalue weighted by Crippen LogP contribution is 2.14. The summed E-state index contributed by atoms with van der Waals surface area (Å²) in [7, 11) is 0. The lowest BCUT2D eigenvalue weighted by Crippen LogP contribution is -2.25. The van der Waals surface area contributed by atoms with Gasteiger partial charge in [-0.25, -0.2) is 0 Å². The average molecular weight is 336 g/mol. The maximum atomic E-state index is 5.57. The van der Waals surface area contributed by atoms with Crippen LogP contribution in [0.2, 0.25) is 0 Å². The summed E-state index contributed by atoms with van der Waals surface area (Å²) in [4.78, 5) is 0. The Morgan fingerprint density at radius 2 is 1.62 bits per heavy atom. The summed E-state index contributed by atoms with van der Waals surface area (Å²) in [5, 5.41) is 0. The molecule has 16 heavy (non-hydrogen) atoms. The summed E-state index contributed by atoms with van der Waals surface area (Å²) in [6.07, 6.45) is -0.283. The second kappa shape index (κ2) is 7.86. The summed E-state index contributed by atoms with van der Waals surface area (Å²) in [6, 6.07) is 7.89. The monoisotopic (exact) mass is 336 g/mol. The van der Waals surface area contributed by atoms with E-state index in [1.165, 1.54) is 3.57 Å². The first-order valence-corrected chi connectivity index (χ1v) is 6.45. The fraction of sp³-hybridized carbons (Fsp3) is 0.500. The third kappa shape index (κ3) is 5.14. The number of halogens is 1. The van der Waals surface area contributed by atoms with Gasteiger partial charge in [0.15, 0.2) is 6.29 Å². The molecule has 90 valence electrons. The summed E-state index contributed by atoms with van der Waals surface area (Å²) in [5.41, 5.74) is 0. The molecular weight excluding hydrogens is 319 g/mol. The van der Waals surface area contributed by atoms with Gasteiger partial charge >= 0.3 is 0 Å². The molecule has 0 spiro atoms. The van der Waals surface area contributed by atoms with Crippen molar-refractivity contribution in [3.8, 4) is 5.75 Å². The molecule has 0 aromatic heterocycles. The maximum Gasteiger partial charge on any atom is 0.191 e. The summed E-state index contributed by atoms with van der Waals surface area (Å²) in [5.74, 6) is 0.838. The van der Waals surface area contributed by atoms with E-state index in [1.807, 2.05) is 38.1 Å². The zero-order chi connectivity index (χ0) is 11.8. The zero-order valence-corrected chi connectivity index (χ0v) is 11.8. The lowest BCUT2D eigenvalue weighted by molar-refractivity contribution is -0.152. The minimum atomic E-state index is -0.283. The van der Waals surface area contributed by atoms with Crippen molar-refractivity contribution in [2.24, 2.45) is 0 Å². The van der Waals surface area contributed by atoms with Gasteiger partial charge in [-0.1, -0.05) is 0 Å². The molecule has 1 rings (SSSR count). The minimum absolute atomic E-state index is 0.283. The van der Waals surface area contributed by atoms with Gasteiger partial charge in [-0.05, 0) is 60.7 Å². The molecule has 0 aliphatic carbocycles. The second-order valence-corrected chi connectivity index (χ2v) is 4.35. The summed E-state index contributed by atoms with van der Waals surface area (Å²) < 4.78 is 17.5. The van der Waals surface area contributed by atoms with Gasteiger partial charge in [0.05, 0.1) is 0 Å². The standard InChI is InChI=1S/C12H17IO3/c1-3-14-12(15-4-2)9-16-11-7-5-10(13)6-8-11/h5-8,12H,3-4,9H2,1-2H3. The molecule has 0 radical (unpaired) electrons. The Labute approximate surface area is 110 Å². The normalized spacial score (nSPS) is 10.8. The highest BCUT2D eigenvalue weighted by atomic mass is 127. The Morgan fingerprint density at radius 1 is 1.06 bits per heavy atom. The number of rotatable bonds is 7. The van der Waals surface area contributed by atoms with Gasteiger partial charge < -0.3 is 14.2 Å². The zero-order valence-electron chi connectivity index (χ0n) is 9.61. The predicted molar refractivity (Wildman–Crippen MR) is 71.7 cm³/mol. The molecule has 0 aliphatic rings.